The molecule has 1 fully saturated rings. The molecule has 1 aromatic rings. The summed E-state index contributed by atoms with van der Waals surface area (Å²) in [5, 5.41) is 0. The van der Waals surface area contributed by atoms with Crippen molar-refractivity contribution in [1.29, 1.82) is 0 Å². The Balaban J connectivity index is 2.26. The van der Waals surface area contributed by atoms with E-state index in [4.69, 9.17) is 0 Å². The van der Waals surface area contributed by atoms with Gasteiger partial charge in [-0.25, -0.2) is 13.2 Å². The molecule has 0 N–H and O–H groups in total. The topological polar surface area (TPSA) is 63.7 Å². The van der Waals surface area contributed by atoms with Crippen LogP contribution in [0.2, 0.25) is 0 Å². The van der Waals surface area contributed by atoms with Crippen molar-refractivity contribution in [2.75, 3.05) is 23.7 Å². The van der Waals surface area contributed by atoms with E-state index in [0.29, 0.717) is 24.2 Å². The van der Waals surface area contributed by atoms with Crippen molar-refractivity contribution >= 4 is 21.7 Å². The van der Waals surface area contributed by atoms with Crippen LogP contribution in [0, 0.1) is 0 Å². The number of carbonyl (C=O) groups excluding carboxylic acids is 1. The van der Waals surface area contributed by atoms with Gasteiger partial charge >= 0.3 is 5.97 Å². The first-order valence-corrected chi connectivity index (χ1v) is 7.34. The largest absolute Gasteiger partial charge is 0.465 e. The van der Waals surface area contributed by atoms with Crippen LogP contribution in [0.3, 0.4) is 0 Å². The van der Waals surface area contributed by atoms with E-state index in [-0.39, 0.29) is 5.75 Å². The highest BCUT2D eigenvalue weighted by Crippen LogP contribution is 2.23. The van der Waals surface area contributed by atoms with Crippen molar-refractivity contribution in [3.8, 4) is 0 Å². The molecule has 0 aliphatic carbocycles. The second-order valence-corrected chi connectivity index (χ2v) is 6.15. The summed E-state index contributed by atoms with van der Waals surface area (Å²) in [6.45, 7) is 0.500. The van der Waals surface area contributed by atoms with Crippen LogP contribution in [-0.2, 0) is 14.8 Å². The van der Waals surface area contributed by atoms with Gasteiger partial charge < -0.3 is 4.74 Å². The minimum Gasteiger partial charge on any atom is -0.465 e. The highest BCUT2D eigenvalue weighted by Gasteiger charge is 2.25. The summed E-state index contributed by atoms with van der Waals surface area (Å²) in [6.07, 6.45) is 1.57. The lowest BCUT2D eigenvalue weighted by Gasteiger charge is -2.28. The molecule has 0 unspecified atom stereocenters. The molecular formula is C12H15NO4S. The Kier molecular flexibility index (Phi) is 3.56. The zero-order chi connectivity index (χ0) is 13.2. The number of hydrogen-bond donors (Lipinski definition) is 0. The summed E-state index contributed by atoms with van der Waals surface area (Å²) in [4.78, 5) is 11.3. The maximum atomic E-state index is 11.9. The van der Waals surface area contributed by atoms with Crippen LogP contribution in [0.15, 0.2) is 24.3 Å². The van der Waals surface area contributed by atoms with Gasteiger partial charge in [-0.05, 0) is 37.1 Å². The lowest BCUT2D eigenvalue weighted by Crippen LogP contribution is -2.37. The van der Waals surface area contributed by atoms with Crippen molar-refractivity contribution in [2.24, 2.45) is 0 Å². The third-order valence-corrected chi connectivity index (χ3v) is 4.80. The van der Waals surface area contributed by atoms with Crippen molar-refractivity contribution < 1.29 is 17.9 Å². The van der Waals surface area contributed by atoms with Crippen LogP contribution in [0.5, 0.6) is 0 Å². The molecule has 0 spiro atoms. The number of rotatable bonds is 2. The van der Waals surface area contributed by atoms with Crippen molar-refractivity contribution in [3.05, 3.63) is 29.8 Å². The van der Waals surface area contributed by atoms with Crippen LogP contribution >= 0.6 is 0 Å². The third kappa shape index (κ3) is 2.48. The van der Waals surface area contributed by atoms with Crippen LogP contribution < -0.4 is 4.31 Å². The van der Waals surface area contributed by atoms with Crippen LogP contribution in [0.25, 0.3) is 0 Å². The van der Waals surface area contributed by atoms with Crippen LogP contribution in [0.4, 0.5) is 5.69 Å². The average Bonchev–Trinajstić information content (AvgIpc) is 2.37. The fraction of sp³-hybridized carbons (Fsp3) is 0.417. The quantitative estimate of drug-likeness (QED) is 0.761. The standard InChI is InChI=1S/C12H15NO4S/c1-17-12(14)10-4-6-11(7-5-10)13-8-2-3-9-18(13,15)16/h4-7H,2-3,8-9H2,1H3. The summed E-state index contributed by atoms with van der Waals surface area (Å²) < 4.78 is 29.8. The number of methoxy groups -OCH3 is 1. The third-order valence-electron chi connectivity index (χ3n) is 2.93. The Morgan fingerprint density at radius 1 is 1.22 bits per heavy atom. The normalized spacial score (nSPS) is 18.4. The molecule has 1 aliphatic rings. The molecule has 1 aliphatic heterocycles. The van der Waals surface area contributed by atoms with Gasteiger partial charge in [0.1, 0.15) is 0 Å². The Labute approximate surface area is 106 Å². The Bertz CT molecular complexity index is 536. The van der Waals surface area contributed by atoms with E-state index >= 15 is 0 Å². The number of hydrogen-bond acceptors (Lipinski definition) is 4. The van der Waals surface area contributed by atoms with E-state index in [2.05, 4.69) is 4.74 Å². The number of carbonyl (C=O) groups is 1. The average molecular weight is 269 g/mol. The fourth-order valence-corrected chi connectivity index (χ4v) is 3.60. The second-order valence-electron chi connectivity index (χ2n) is 4.13. The maximum Gasteiger partial charge on any atom is 0.337 e. The molecular weight excluding hydrogens is 254 g/mol. The van der Waals surface area contributed by atoms with Crippen molar-refractivity contribution in [3.63, 3.8) is 0 Å². The van der Waals surface area contributed by atoms with Gasteiger partial charge in [0.15, 0.2) is 0 Å². The number of ether oxygens (including phenoxy) is 1. The molecule has 18 heavy (non-hydrogen) atoms. The summed E-state index contributed by atoms with van der Waals surface area (Å²) in [5.74, 6) is -0.241. The Hall–Kier alpha value is -1.56. The molecule has 5 nitrogen and oxygen atoms in total. The molecule has 1 saturated heterocycles. The van der Waals surface area contributed by atoms with E-state index in [1.54, 1.807) is 24.3 Å². The summed E-state index contributed by atoms with van der Waals surface area (Å²) in [5.41, 5.74) is 1.01. The molecule has 6 heteroatoms. The van der Waals surface area contributed by atoms with Gasteiger partial charge in [-0.2, -0.15) is 0 Å². The van der Waals surface area contributed by atoms with Gasteiger partial charge in [0, 0.05) is 6.54 Å². The first-order chi connectivity index (χ1) is 8.54. The van der Waals surface area contributed by atoms with Gasteiger partial charge in [0.25, 0.3) is 0 Å². The molecule has 98 valence electrons. The lowest BCUT2D eigenvalue weighted by molar-refractivity contribution is 0.0601. The van der Waals surface area contributed by atoms with E-state index < -0.39 is 16.0 Å². The zero-order valence-corrected chi connectivity index (χ0v) is 10.9. The molecule has 0 bridgehead atoms. The summed E-state index contributed by atoms with van der Waals surface area (Å²) in [7, 11) is -1.89. The molecule has 0 radical (unpaired) electrons. The smallest absolute Gasteiger partial charge is 0.337 e. The minimum absolute atomic E-state index is 0.186. The summed E-state index contributed by atoms with van der Waals surface area (Å²) in [6, 6.07) is 6.42. The lowest BCUT2D eigenvalue weighted by atomic mass is 10.2. The fourth-order valence-electron chi connectivity index (χ4n) is 1.96. The Morgan fingerprint density at radius 2 is 1.89 bits per heavy atom. The van der Waals surface area contributed by atoms with E-state index in [1.165, 1.54) is 11.4 Å². The number of anilines is 1. The maximum absolute atomic E-state index is 11.9. The van der Waals surface area contributed by atoms with Gasteiger partial charge in [0.2, 0.25) is 10.0 Å². The first kappa shape index (κ1) is 12.9. The predicted molar refractivity (Wildman–Crippen MR) is 68.1 cm³/mol. The van der Waals surface area contributed by atoms with Gasteiger partial charge in [-0.3, -0.25) is 4.31 Å². The monoisotopic (exact) mass is 269 g/mol. The molecule has 0 saturated carbocycles. The van der Waals surface area contributed by atoms with E-state index in [9.17, 15) is 13.2 Å². The highest BCUT2D eigenvalue weighted by molar-refractivity contribution is 7.92. The highest BCUT2D eigenvalue weighted by atomic mass is 32.2. The van der Waals surface area contributed by atoms with Crippen LogP contribution in [0.1, 0.15) is 23.2 Å². The van der Waals surface area contributed by atoms with Crippen molar-refractivity contribution in [1.82, 2.24) is 0 Å². The van der Waals surface area contributed by atoms with E-state index in [0.717, 1.165) is 6.42 Å². The number of sulfonamides is 1. The molecule has 0 atom stereocenters. The molecule has 0 amide bonds. The molecule has 2 rings (SSSR count). The number of benzene rings is 1. The number of esters is 1. The van der Waals surface area contributed by atoms with Gasteiger partial charge in [-0.15, -0.1) is 0 Å². The zero-order valence-electron chi connectivity index (χ0n) is 10.1. The Morgan fingerprint density at radius 3 is 2.44 bits per heavy atom. The predicted octanol–water partition coefficient (Wildman–Crippen LogP) is 1.40. The SMILES string of the molecule is COC(=O)c1ccc(N2CCCCS2(=O)=O)cc1. The van der Waals surface area contributed by atoms with Gasteiger partial charge in [0.05, 0.1) is 24.1 Å². The number of nitrogens with zero attached hydrogens (tertiary/aromatic N) is 1. The van der Waals surface area contributed by atoms with Gasteiger partial charge in [-0.1, -0.05) is 0 Å². The molecule has 1 heterocycles. The first-order valence-electron chi connectivity index (χ1n) is 5.73. The molecule has 0 aromatic heterocycles. The minimum atomic E-state index is -3.20. The van der Waals surface area contributed by atoms with Crippen LogP contribution in [-0.4, -0.2) is 33.8 Å². The van der Waals surface area contributed by atoms with Crippen molar-refractivity contribution in [2.45, 2.75) is 12.8 Å². The molecule has 1 aromatic carbocycles. The second kappa shape index (κ2) is 4.97. The summed E-state index contributed by atoms with van der Waals surface area (Å²) >= 11 is 0. The van der Waals surface area contributed by atoms with E-state index in [1.807, 2.05) is 0 Å².